The number of benzene rings is 2. The Labute approximate surface area is 152 Å². The monoisotopic (exact) mass is 372 g/mol. The number of aromatic nitrogens is 1. The number of oxazole rings is 1. The second kappa shape index (κ2) is 7.65. The molecule has 0 unspecified atom stereocenters. The average molecular weight is 372 g/mol. The van der Waals surface area contributed by atoms with Gasteiger partial charge in [-0.3, -0.25) is 10.1 Å². The lowest BCUT2D eigenvalue weighted by Crippen LogP contribution is -2.06. The Balaban J connectivity index is 1.68. The van der Waals surface area contributed by atoms with Crippen LogP contribution in [-0.4, -0.2) is 23.0 Å². The number of hydrogen-bond acceptors (Lipinski definition) is 7. The Kier molecular flexibility index (Phi) is 5.11. The number of rotatable bonds is 6. The van der Waals surface area contributed by atoms with Crippen LogP contribution in [0.25, 0.3) is 11.3 Å². The van der Waals surface area contributed by atoms with Crippen molar-refractivity contribution in [3.05, 3.63) is 76.0 Å². The van der Waals surface area contributed by atoms with Crippen LogP contribution in [0.5, 0.6) is 5.75 Å². The van der Waals surface area contributed by atoms with Crippen LogP contribution in [0.3, 0.4) is 0 Å². The number of carbonyl (C=O) groups is 1. The summed E-state index contributed by atoms with van der Waals surface area (Å²) in [5, 5.41) is 11.0. The van der Waals surface area contributed by atoms with Crippen LogP contribution in [0.4, 0.5) is 10.1 Å². The number of methoxy groups -OCH3 is 1. The fourth-order valence-electron chi connectivity index (χ4n) is 2.29. The Hall–Kier alpha value is -3.75. The first-order valence-corrected chi connectivity index (χ1v) is 7.68. The van der Waals surface area contributed by atoms with E-state index in [1.807, 2.05) is 0 Å². The molecule has 0 saturated heterocycles. The maximum atomic E-state index is 13.0. The van der Waals surface area contributed by atoms with Gasteiger partial charge in [0.25, 0.3) is 0 Å². The maximum Gasteiger partial charge on any atom is 0.338 e. The highest BCUT2D eigenvalue weighted by molar-refractivity contribution is 5.90. The molecule has 0 spiro atoms. The van der Waals surface area contributed by atoms with Gasteiger partial charge in [0.05, 0.1) is 23.8 Å². The molecule has 1 heterocycles. The number of esters is 1. The molecule has 0 aliphatic heterocycles. The van der Waals surface area contributed by atoms with Crippen LogP contribution in [0.2, 0.25) is 0 Å². The van der Waals surface area contributed by atoms with Crippen LogP contribution in [0, 0.1) is 15.9 Å². The first-order chi connectivity index (χ1) is 13.0. The Morgan fingerprint density at radius 3 is 2.67 bits per heavy atom. The topological polar surface area (TPSA) is 105 Å². The van der Waals surface area contributed by atoms with E-state index >= 15 is 0 Å². The molecular formula is C18H13FN2O6. The summed E-state index contributed by atoms with van der Waals surface area (Å²) < 4.78 is 28.4. The smallest absolute Gasteiger partial charge is 0.338 e. The standard InChI is InChI=1S/C18H13FN2O6/c1-25-15-7-4-12(8-14(15)21(23)24)18(22)26-10-17-20-9-16(27-17)11-2-5-13(19)6-3-11/h2-9H,10H2,1H3. The van der Waals surface area contributed by atoms with Crippen molar-refractivity contribution in [3.8, 4) is 17.1 Å². The summed E-state index contributed by atoms with van der Waals surface area (Å²) in [6.07, 6.45) is 1.43. The molecule has 1 aromatic heterocycles. The summed E-state index contributed by atoms with van der Waals surface area (Å²) in [4.78, 5) is 26.5. The van der Waals surface area contributed by atoms with Crippen LogP contribution in [-0.2, 0) is 11.3 Å². The van der Waals surface area contributed by atoms with E-state index in [4.69, 9.17) is 13.9 Å². The van der Waals surface area contributed by atoms with Crippen LogP contribution >= 0.6 is 0 Å². The van der Waals surface area contributed by atoms with Crippen LogP contribution < -0.4 is 4.74 Å². The lowest BCUT2D eigenvalue weighted by Gasteiger charge is -2.05. The third-order valence-electron chi connectivity index (χ3n) is 3.62. The third kappa shape index (κ3) is 4.09. The van der Waals surface area contributed by atoms with E-state index in [1.165, 1.54) is 49.7 Å². The summed E-state index contributed by atoms with van der Waals surface area (Å²) >= 11 is 0. The molecule has 0 amide bonds. The van der Waals surface area contributed by atoms with Crippen molar-refractivity contribution >= 4 is 11.7 Å². The maximum absolute atomic E-state index is 13.0. The number of nitro groups is 1. The van der Waals surface area contributed by atoms with Gasteiger partial charge in [0, 0.05) is 11.6 Å². The molecule has 9 heteroatoms. The second-order valence-corrected chi connectivity index (χ2v) is 5.35. The number of hydrogen-bond donors (Lipinski definition) is 0. The molecule has 138 valence electrons. The molecule has 0 aliphatic carbocycles. The number of carbonyl (C=O) groups excluding carboxylic acids is 1. The van der Waals surface area contributed by atoms with Crippen molar-refractivity contribution in [3.63, 3.8) is 0 Å². The SMILES string of the molecule is COc1ccc(C(=O)OCc2ncc(-c3ccc(F)cc3)o2)cc1[N+](=O)[O-]. The predicted octanol–water partition coefficient (Wildman–Crippen LogP) is 3.75. The van der Waals surface area contributed by atoms with Crippen molar-refractivity contribution in [1.82, 2.24) is 4.98 Å². The first kappa shape index (κ1) is 18.1. The summed E-state index contributed by atoms with van der Waals surface area (Å²) in [6, 6.07) is 9.37. The van der Waals surface area contributed by atoms with Gasteiger partial charge in [-0.1, -0.05) is 0 Å². The van der Waals surface area contributed by atoms with E-state index in [0.29, 0.717) is 11.3 Å². The fraction of sp³-hybridized carbons (Fsp3) is 0.111. The largest absolute Gasteiger partial charge is 0.490 e. The molecule has 8 nitrogen and oxygen atoms in total. The lowest BCUT2D eigenvalue weighted by molar-refractivity contribution is -0.385. The highest BCUT2D eigenvalue weighted by Crippen LogP contribution is 2.28. The Morgan fingerprint density at radius 2 is 2.00 bits per heavy atom. The molecule has 0 bridgehead atoms. The molecule has 0 saturated carbocycles. The van der Waals surface area contributed by atoms with Gasteiger partial charge < -0.3 is 13.9 Å². The van der Waals surface area contributed by atoms with Crippen molar-refractivity contribution in [2.24, 2.45) is 0 Å². The second-order valence-electron chi connectivity index (χ2n) is 5.35. The normalized spacial score (nSPS) is 10.4. The molecular weight excluding hydrogens is 359 g/mol. The van der Waals surface area contributed by atoms with Gasteiger partial charge in [-0.15, -0.1) is 0 Å². The lowest BCUT2D eigenvalue weighted by atomic mass is 10.2. The zero-order valence-corrected chi connectivity index (χ0v) is 14.0. The van der Waals surface area contributed by atoms with Crippen LogP contribution in [0.1, 0.15) is 16.2 Å². The molecule has 0 aliphatic rings. The van der Waals surface area contributed by atoms with E-state index in [-0.39, 0.29) is 35.3 Å². The summed E-state index contributed by atoms with van der Waals surface area (Å²) in [5.74, 6) is -0.594. The van der Waals surface area contributed by atoms with Crippen LogP contribution in [0.15, 0.2) is 53.1 Å². The molecule has 0 radical (unpaired) electrons. The number of nitro benzene ring substituents is 1. The van der Waals surface area contributed by atoms with Crippen molar-refractivity contribution in [1.29, 1.82) is 0 Å². The van der Waals surface area contributed by atoms with Gasteiger partial charge in [-0.2, -0.15) is 0 Å². The van der Waals surface area contributed by atoms with Crippen molar-refractivity contribution in [2.75, 3.05) is 7.11 Å². The molecule has 0 N–H and O–H groups in total. The summed E-state index contributed by atoms with van der Waals surface area (Å²) in [5.41, 5.74) is 0.265. The number of nitrogens with zero attached hydrogens (tertiary/aromatic N) is 2. The van der Waals surface area contributed by atoms with Crippen molar-refractivity contribution in [2.45, 2.75) is 6.61 Å². The Morgan fingerprint density at radius 1 is 1.26 bits per heavy atom. The van der Waals surface area contributed by atoms with E-state index in [1.54, 1.807) is 0 Å². The molecule has 27 heavy (non-hydrogen) atoms. The van der Waals surface area contributed by atoms with Gasteiger partial charge in [-0.05, 0) is 36.4 Å². The van der Waals surface area contributed by atoms with Gasteiger partial charge in [0.15, 0.2) is 18.1 Å². The minimum Gasteiger partial charge on any atom is -0.490 e. The quantitative estimate of drug-likeness (QED) is 0.368. The van der Waals surface area contributed by atoms with Crippen molar-refractivity contribution < 1.29 is 28.0 Å². The zero-order valence-electron chi connectivity index (χ0n) is 14.0. The van der Waals surface area contributed by atoms with Gasteiger partial charge in [0.1, 0.15) is 5.82 Å². The molecule has 2 aromatic carbocycles. The minimum absolute atomic E-state index is 0.00665. The Bertz CT molecular complexity index is 984. The molecule has 0 atom stereocenters. The minimum atomic E-state index is -0.776. The molecule has 3 aromatic rings. The number of halogens is 1. The van der Waals surface area contributed by atoms with Gasteiger partial charge in [0.2, 0.25) is 5.89 Å². The number of ether oxygens (including phenoxy) is 2. The molecule has 0 fully saturated rings. The summed E-state index contributed by atoms with van der Waals surface area (Å²) in [7, 11) is 1.29. The highest BCUT2D eigenvalue weighted by Gasteiger charge is 2.19. The average Bonchev–Trinajstić information content (AvgIpc) is 3.15. The zero-order chi connectivity index (χ0) is 19.4. The summed E-state index contributed by atoms with van der Waals surface area (Å²) in [6.45, 7) is -0.264. The third-order valence-corrected chi connectivity index (χ3v) is 3.62. The van der Waals surface area contributed by atoms with E-state index in [9.17, 15) is 19.3 Å². The van der Waals surface area contributed by atoms with E-state index in [2.05, 4.69) is 4.98 Å². The predicted molar refractivity (Wildman–Crippen MR) is 90.7 cm³/mol. The molecule has 3 rings (SSSR count). The van der Waals surface area contributed by atoms with Gasteiger partial charge >= 0.3 is 11.7 Å². The van der Waals surface area contributed by atoms with E-state index in [0.717, 1.165) is 6.07 Å². The van der Waals surface area contributed by atoms with Gasteiger partial charge in [-0.25, -0.2) is 14.2 Å². The van der Waals surface area contributed by atoms with E-state index < -0.39 is 10.9 Å². The highest BCUT2D eigenvalue weighted by atomic mass is 19.1. The first-order valence-electron chi connectivity index (χ1n) is 7.68. The fourth-order valence-corrected chi connectivity index (χ4v) is 2.29.